The average molecular weight is 287 g/mol. The fourth-order valence-corrected chi connectivity index (χ4v) is 3.65. The van der Waals surface area contributed by atoms with Gasteiger partial charge in [-0.2, -0.15) is 9.61 Å². The first kappa shape index (κ1) is 10.9. The van der Waals surface area contributed by atoms with Crippen LogP contribution in [0.15, 0.2) is 6.33 Å². The highest BCUT2D eigenvalue weighted by atomic mass is 32.1. The summed E-state index contributed by atoms with van der Waals surface area (Å²) in [4.78, 5) is 8.44. The zero-order valence-electron chi connectivity index (χ0n) is 10.7. The number of aromatic nitrogens is 6. The van der Waals surface area contributed by atoms with Crippen LogP contribution in [0.1, 0.15) is 47.0 Å². The molecule has 2 N–H and O–H groups in total. The van der Waals surface area contributed by atoms with Gasteiger partial charge in [-0.05, 0) is 12.8 Å². The number of hydrogen-bond donors (Lipinski definition) is 2. The summed E-state index contributed by atoms with van der Waals surface area (Å²) in [5.74, 6) is 1.59. The highest BCUT2D eigenvalue weighted by Gasteiger charge is 2.31. The minimum absolute atomic E-state index is 0.226. The van der Waals surface area contributed by atoms with Crippen LogP contribution in [0.2, 0.25) is 0 Å². The summed E-state index contributed by atoms with van der Waals surface area (Å²) < 4.78 is 1.93. The van der Waals surface area contributed by atoms with E-state index in [1.54, 1.807) is 17.7 Å². The second-order valence-electron chi connectivity index (χ2n) is 5.43. The number of hydrogen-bond acceptors (Lipinski definition) is 6. The fourth-order valence-electron chi connectivity index (χ4n) is 2.73. The predicted molar refractivity (Wildman–Crippen MR) is 72.5 cm³/mol. The number of H-pyrrole nitrogens is 1. The molecule has 0 amide bonds. The third kappa shape index (κ3) is 1.55. The molecule has 7 nitrogen and oxygen atoms in total. The molecule has 0 aromatic carbocycles. The van der Waals surface area contributed by atoms with Crippen molar-refractivity contribution in [3.63, 3.8) is 0 Å². The van der Waals surface area contributed by atoms with Gasteiger partial charge < -0.3 is 10.3 Å². The largest absolute Gasteiger partial charge is 0.347 e. The van der Waals surface area contributed by atoms with E-state index in [1.807, 2.05) is 4.52 Å². The summed E-state index contributed by atoms with van der Waals surface area (Å²) in [6, 6.07) is 0.226. The number of aromatic amines is 1. The lowest BCUT2D eigenvalue weighted by Gasteiger charge is -2.20. The van der Waals surface area contributed by atoms with Crippen LogP contribution in [-0.4, -0.2) is 29.8 Å². The van der Waals surface area contributed by atoms with Crippen molar-refractivity contribution in [1.29, 1.82) is 0 Å². The molecule has 0 radical (unpaired) electrons. The first-order valence-electron chi connectivity index (χ1n) is 6.85. The molecule has 1 saturated carbocycles. The van der Waals surface area contributed by atoms with Gasteiger partial charge in [0.15, 0.2) is 5.82 Å². The van der Waals surface area contributed by atoms with Gasteiger partial charge in [0, 0.05) is 18.9 Å². The van der Waals surface area contributed by atoms with Gasteiger partial charge in [-0.25, -0.2) is 4.98 Å². The Bertz CT molecular complexity index is 781. The zero-order valence-corrected chi connectivity index (χ0v) is 11.5. The number of imidazole rings is 1. The van der Waals surface area contributed by atoms with Crippen molar-refractivity contribution in [3.05, 3.63) is 28.5 Å². The van der Waals surface area contributed by atoms with Gasteiger partial charge in [-0.15, -0.1) is 10.2 Å². The maximum absolute atomic E-state index is 4.72. The molecule has 102 valence electrons. The van der Waals surface area contributed by atoms with Crippen LogP contribution in [0.4, 0.5) is 0 Å². The van der Waals surface area contributed by atoms with E-state index in [2.05, 4.69) is 25.5 Å². The molecule has 5 rings (SSSR count). The Morgan fingerprint density at radius 1 is 1.30 bits per heavy atom. The molecule has 1 aliphatic carbocycles. The Hall–Kier alpha value is -1.80. The van der Waals surface area contributed by atoms with Gasteiger partial charge in [-0.3, -0.25) is 0 Å². The SMILES string of the molecule is c1nc2c([nH]1)CNC(c1nn3c(C4CC4)nnc3s1)C2. The van der Waals surface area contributed by atoms with E-state index in [9.17, 15) is 0 Å². The Morgan fingerprint density at radius 2 is 2.25 bits per heavy atom. The molecule has 1 aliphatic heterocycles. The van der Waals surface area contributed by atoms with Gasteiger partial charge in [-0.1, -0.05) is 11.3 Å². The standard InChI is InChI=1S/C12H13N7S/c1-2-6(1)10-16-17-12-19(10)18-11(20-12)8-3-7-9(4-13-8)15-5-14-7/h5-6,8,13H,1-4H2,(H,14,15). The van der Waals surface area contributed by atoms with Gasteiger partial charge in [0.1, 0.15) is 5.01 Å². The van der Waals surface area contributed by atoms with E-state index in [0.717, 1.165) is 34.5 Å². The summed E-state index contributed by atoms with van der Waals surface area (Å²) in [5, 5.41) is 17.8. The first-order valence-corrected chi connectivity index (χ1v) is 7.66. The Kier molecular flexibility index (Phi) is 2.11. The Labute approximate surface area is 118 Å². The normalized spacial score (nSPS) is 22.3. The van der Waals surface area contributed by atoms with Crippen LogP contribution < -0.4 is 5.32 Å². The van der Waals surface area contributed by atoms with Crippen molar-refractivity contribution in [2.24, 2.45) is 0 Å². The monoisotopic (exact) mass is 287 g/mol. The number of nitrogens with zero attached hydrogens (tertiary/aromatic N) is 5. The van der Waals surface area contributed by atoms with Crippen molar-refractivity contribution in [2.75, 3.05) is 0 Å². The maximum Gasteiger partial charge on any atom is 0.234 e. The van der Waals surface area contributed by atoms with Crippen LogP contribution >= 0.6 is 11.3 Å². The lowest BCUT2D eigenvalue weighted by Crippen LogP contribution is -2.28. The van der Waals surface area contributed by atoms with E-state index >= 15 is 0 Å². The molecule has 4 heterocycles. The third-order valence-corrected chi connectivity index (χ3v) is 5.01. The Morgan fingerprint density at radius 3 is 3.15 bits per heavy atom. The number of fused-ring (bicyclic) bond motifs is 2. The summed E-state index contributed by atoms with van der Waals surface area (Å²) in [6.45, 7) is 0.815. The Balaban J connectivity index is 1.52. The molecular weight excluding hydrogens is 274 g/mol. The first-order chi connectivity index (χ1) is 9.88. The van der Waals surface area contributed by atoms with Crippen molar-refractivity contribution < 1.29 is 0 Å². The minimum atomic E-state index is 0.226. The second kappa shape index (κ2) is 3.86. The van der Waals surface area contributed by atoms with E-state index in [1.165, 1.54) is 18.5 Å². The lowest BCUT2D eigenvalue weighted by atomic mass is 10.1. The lowest BCUT2D eigenvalue weighted by molar-refractivity contribution is 0.482. The van der Waals surface area contributed by atoms with E-state index in [0.29, 0.717) is 5.92 Å². The highest BCUT2D eigenvalue weighted by molar-refractivity contribution is 7.16. The maximum atomic E-state index is 4.72. The summed E-state index contributed by atoms with van der Waals surface area (Å²) in [7, 11) is 0. The predicted octanol–water partition coefficient (Wildman–Crippen LogP) is 1.17. The summed E-state index contributed by atoms with van der Waals surface area (Å²) >= 11 is 1.62. The number of nitrogens with one attached hydrogen (secondary N) is 2. The molecule has 8 heteroatoms. The number of rotatable bonds is 2. The van der Waals surface area contributed by atoms with Gasteiger partial charge in [0.25, 0.3) is 0 Å². The molecule has 0 spiro atoms. The molecule has 20 heavy (non-hydrogen) atoms. The molecule has 0 saturated heterocycles. The second-order valence-corrected chi connectivity index (χ2v) is 6.42. The van der Waals surface area contributed by atoms with E-state index in [4.69, 9.17) is 5.10 Å². The minimum Gasteiger partial charge on any atom is -0.347 e. The molecule has 3 aromatic heterocycles. The quantitative estimate of drug-likeness (QED) is 0.739. The van der Waals surface area contributed by atoms with Crippen LogP contribution in [0.3, 0.4) is 0 Å². The van der Waals surface area contributed by atoms with Gasteiger partial charge >= 0.3 is 0 Å². The molecular formula is C12H13N7S. The summed E-state index contributed by atoms with van der Waals surface area (Å²) in [5.41, 5.74) is 2.32. The fraction of sp³-hybridized carbons (Fsp3) is 0.500. The molecule has 1 unspecified atom stereocenters. The van der Waals surface area contributed by atoms with E-state index < -0.39 is 0 Å². The molecule has 1 atom stereocenters. The highest BCUT2D eigenvalue weighted by Crippen LogP contribution is 2.39. The molecule has 2 aliphatic rings. The topological polar surface area (TPSA) is 83.8 Å². The van der Waals surface area contributed by atoms with Gasteiger partial charge in [0.05, 0.1) is 23.8 Å². The smallest absolute Gasteiger partial charge is 0.234 e. The third-order valence-electron chi connectivity index (χ3n) is 4.00. The van der Waals surface area contributed by atoms with Crippen LogP contribution in [-0.2, 0) is 13.0 Å². The van der Waals surface area contributed by atoms with Crippen LogP contribution in [0, 0.1) is 0 Å². The van der Waals surface area contributed by atoms with Crippen molar-refractivity contribution in [2.45, 2.75) is 37.8 Å². The van der Waals surface area contributed by atoms with Crippen molar-refractivity contribution in [3.8, 4) is 0 Å². The molecule has 0 bridgehead atoms. The molecule has 3 aromatic rings. The average Bonchev–Trinajstić information content (AvgIpc) is 2.89. The van der Waals surface area contributed by atoms with E-state index in [-0.39, 0.29) is 6.04 Å². The van der Waals surface area contributed by atoms with Crippen molar-refractivity contribution in [1.82, 2.24) is 35.1 Å². The van der Waals surface area contributed by atoms with Crippen molar-refractivity contribution >= 4 is 16.3 Å². The van der Waals surface area contributed by atoms with Gasteiger partial charge in [0.2, 0.25) is 4.96 Å². The molecule has 1 fully saturated rings. The summed E-state index contributed by atoms with van der Waals surface area (Å²) in [6.07, 6.45) is 5.07. The van der Waals surface area contributed by atoms with Crippen LogP contribution in [0.25, 0.3) is 4.96 Å². The van der Waals surface area contributed by atoms with Crippen LogP contribution in [0.5, 0.6) is 0 Å². The zero-order chi connectivity index (χ0) is 13.1.